The topological polar surface area (TPSA) is 85.8 Å². The first-order chi connectivity index (χ1) is 9.66. The molecule has 0 saturated heterocycles. The molecule has 3 N–H and O–H groups in total. The second-order valence-electron chi connectivity index (χ2n) is 4.25. The second kappa shape index (κ2) is 6.95. The van der Waals surface area contributed by atoms with Crippen LogP contribution in [0.25, 0.3) is 0 Å². The Hall–Kier alpha value is -2.02. The van der Waals surface area contributed by atoms with Crippen molar-refractivity contribution in [3.8, 4) is 0 Å². The minimum atomic E-state index is -0.0264. The highest BCUT2D eigenvalue weighted by Gasteiger charge is 2.06. The minimum absolute atomic E-state index is 0.0264. The van der Waals surface area contributed by atoms with Gasteiger partial charge >= 0.3 is 0 Å². The maximum absolute atomic E-state index is 11.8. The Morgan fingerprint density at radius 1 is 1.45 bits per heavy atom. The Morgan fingerprint density at radius 2 is 2.25 bits per heavy atom. The van der Waals surface area contributed by atoms with E-state index >= 15 is 0 Å². The maximum atomic E-state index is 11.8. The van der Waals surface area contributed by atoms with Crippen LogP contribution in [-0.4, -0.2) is 26.4 Å². The first-order valence-electron chi connectivity index (χ1n) is 6.28. The first-order valence-corrected chi connectivity index (χ1v) is 7.26. The summed E-state index contributed by atoms with van der Waals surface area (Å²) >= 11 is 1.59. The SMILES string of the molecule is Cn1ncnc1SCCCC(=O)Nc1ccccc1N. The number of anilines is 2. The fourth-order valence-corrected chi connectivity index (χ4v) is 2.46. The highest BCUT2D eigenvalue weighted by molar-refractivity contribution is 7.99. The minimum Gasteiger partial charge on any atom is -0.397 e. The molecule has 0 atom stereocenters. The molecule has 20 heavy (non-hydrogen) atoms. The summed E-state index contributed by atoms with van der Waals surface area (Å²) in [5, 5.41) is 7.66. The number of aryl methyl sites for hydroxylation is 1. The molecule has 0 unspecified atom stereocenters. The van der Waals surface area contributed by atoms with Gasteiger partial charge < -0.3 is 11.1 Å². The van der Waals surface area contributed by atoms with Crippen LogP contribution in [0.2, 0.25) is 0 Å². The van der Waals surface area contributed by atoms with E-state index in [1.165, 1.54) is 6.33 Å². The number of nitrogen functional groups attached to an aromatic ring is 1. The summed E-state index contributed by atoms with van der Waals surface area (Å²) in [5.41, 5.74) is 7.01. The number of hydrogen-bond donors (Lipinski definition) is 2. The zero-order chi connectivity index (χ0) is 14.4. The summed E-state index contributed by atoms with van der Waals surface area (Å²) in [6.45, 7) is 0. The Balaban J connectivity index is 1.71. The van der Waals surface area contributed by atoms with Gasteiger partial charge in [-0.1, -0.05) is 23.9 Å². The van der Waals surface area contributed by atoms with Crippen molar-refractivity contribution in [2.75, 3.05) is 16.8 Å². The molecule has 2 rings (SSSR count). The lowest BCUT2D eigenvalue weighted by molar-refractivity contribution is -0.116. The molecule has 0 bridgehead atoms. The summed E-state index contributed by atoms with van der Waals surface area (Å²) in [7, 11) is 1.85. The summed E-state index contributed by atoms with van der Waals surface area (Å²) in [6.07, 6.45) is 2.75. The third-order valence-corrected chi connectivity index (χ3v) is 3.80. The van der Waals surface area contributed by atoms with E-state index in [9.17, 15) is 4.79 Å². The van der Waals surface area contributed by atoms with Crippen LogP contribution in [0.15, 0.2) is 35.7 Å². The van der Waals surface area contributed by atoms with Crippen LogP contribution in [-0.2, 0) is 11.8 Å². The van der Waals surface area contributed by atoms with E-state index in [-0.39, 0.29) is 5.91 Å². The maximum Gasteiger partial charge on any atom is 0.224 e. The monoisotopic (exact) mass is 291 g/mol. The van der Waals surface area contributed by atoms with Crippen LogP contribution in [0.4, 0.5) is 11.4 Å². The molecule has 0 aliphatic carbocycles. The average molecular weight is 291 g/mol. The molecule has 0 radical (unpaired) electrons. The highest BCUT2D eigenvalue weighted by atomic mass is 32.2. The molecule has 1 aromatic heterocycles. The number of para-hydroxylation sites is 2. The van der Waals surface area contributed by atoms with Crippen molar-refractivity contribution < 1.29 is 4.79 Å². The summed E-state index contributed by atoms with van der Waals surface area (Å²) < 4.78 is 1.72. The number of hydrogen-bond acceptors (Lipinski definition) is 5. The summed E-state index contributed by atoms with van der Waals surface area (Å²) in [4.78, 5) is 15.9. The lowest BCUT2D eigenvalue weighted by atomic mass is 10.2. The van der Waals surface area contributed by atoms with E-state index in [1.807, 2.05) is 19.2 Å². The van der Waals surface area contributed by atoms with Gasteiger partial charge in [-0.25, -0.2) is 9.67 Å². The van der Waals surface area contributed by atoms with E-state index in [0.29, 0.717) is 17.8 Å². The predicted molar refractivity (Wildman–Crippen MR) is 80.4 cm³/mol. The average Bonchev–Trinajstić information content (AvgIpc) is 2.83. The van der Waals surface area contributed by atoms with Gasteiger partial charge in [-0.3, -0.25) is 4.79 Å². The number of carbonyl (C=O) groups is 1. The molecular weight excluding hydrogens is 274 g/mol. The number of carbonyl (C=O) groups excluding carboxylic acids is 1. The van der Waals surface area contributed by atoms with E-state index in [4.69, 9.17) is 5.73 Å². The molecule has 7 heteroatoms. The number of amides is 1. The fraction of sp³-hybridized carbons (Fsp3) is 0.308. The quantitative estimate of drug-likeness (QED) is 0.482. The van der Waals surface area contributed by atoms with Crippen LogP contribution in [0.1, 0.15) is 12.8 Å². The summed E-state index contributed by atoms with van der Waals surface area (Å²) in [5.74, 6) is 0.797. The Bertz CT molecular complexity index is 584. The number of benzene rings is 1. The smallest absolute Gasteiger partial charge is 0.224 e. The molecule has 1 heterocycles. The molecule has 106 valence electrons. The Morgan fingerprint density at radius 3 is 2.95 bits per heavy atom. The molecule has 1 amide bonds. The van der Waals surface area contributed by atoms with Crippen molar-refractivity contribution in [2.24, 2.45) is 7.05 Å². The van der Waals surface area contributed by atoms with Gasteiger partial charge in [-0.2, -0.15) is 5.10 Å². The van der Waals surface area contributed by atoms with Crippen molar-refractivity contribution in [3.63, 3.8) is 0 Å². The lowest BCUT2D eigenvalue weighted by Gasteiger charge is -2.07. The van der Waals surface area contributed by atoms with Crippen molar-refractivity contribution >= 4 is 29.0 Å². The summed E-state index contributed by atoms with van der Waals surface area (Å²) in [6, 6.07) is 7.24. The number of nitrogens with two attached hydrogens (primary N) is 1. The number of nitrogens with zero attached hydrogens (tertiary/aromatic N) is 3. The van der Waals surface area contributed by atoms with Gasteiger partial charge in [0.25, 0.3) is 0 Å². The van der Waals surface area contributed by atoms with Gasteiger partial charge in [0.2, 0.25) is 5.91 Å². The number of rotatable bonds is 6. The molecule has 0 fully saturated rings. The van der Waals surface area contributed by atoms with Crippen molar-refractivity contribution in [2.45, 2.75) is 18.0 Å². The van der Waals surface area contributed by atoms with Crippen LogP contribution in [0.5, 0.6) is 0 Å². The van der Waals surface area contributed by atoms with Gasteiger partial charge in [0, 0.05) is 19.2 Å². The molecule has 0 aliphatic heterocycles. The molecule has 0 saturated carbocycles. The fourth-order valence-electron chi connectivity index (χ4n) is 1.64. The highest BCUT2D eigenvalue weighted by Crippen LogP contribution is 2.18. The van der Waals surface area contributed by atoms with Gasteiger partial charge in [-0.05, 0) is 18.6 Å². The van der Waals surface area contributed by atoms with Gasteiger partial charge in [0.1, 0.15) is 6.33 Å². The Labute approximate surface area is 121 Å². The molecule has 1 aromatic carbocycles. The molecule has 0 aliphatic rings. The molecular formula is C13H17N5OS. The molecule has 0 spiro atoms. The number of thioether (sulfide) groups is 1. The van der Waals surface area contributed by atoms with Crippen molar-refractivity contribution in [3.05, 3.63) is 30.6 Å². The van der Waals surface area contributed by atoms with E-state index in [0.717, 1.165) is 17.3 Å². The number of aromatic nitrogens is 3. The normalized spacial score (nSPS) is 10.4. The molecule has 2 aromatic rings. The largest absolute Gasteiger partial charge is 0.397 e. The first kappa shape index (κ1) is 14.4. The van der Waals surface area contributed by atoms with Crippen molar-refractivity contribution in [1.82, 2.24) is 14.8 Å². The van der Waals surface area contributed by atoms with Gasteiger partial charge in [0.05, 0.1) is 11.4 Å². The molecule has 6 nitrogen and oxygen atoms in total. The predicted octanol–water partition coefficient (Wildman–Crippen LogP) is 1.91. The van der Waals surface area contributed by atoms with Crippen LogP contribution in [0, 0.1) is 0 Å². The third-order valence-electron chi connectivity index (χ3n) is 2.68. The van der Waals surface area contributed by atoms with Crippen molar-refractivity contribution in [1.29, 1.82) is 0 Å². The van der Waals surface area contributed by atoms with E-state index in [2.05, 4.69) is 15.4 Å². The van der Waals surface area contributed by atoms with Crippen LogP contribution >= 0.6 is 11.8 Å². The third kappa shape index (κ3) is 3.99. The Kier molecular flexibility index (Phi) is 5.00. The number of nitrogens with one attached hydrogen (secondary N) is 1. The van der Waals surface area contributed by atoms with Gasteiger partial charge in [-0.15, -0.1) is 0 Å². The second-order valence-corrected chi connectivity index (χ2v) is 5.32. The van der Waals surface area contributed by atoms with Crippen LogP contribution < -0.4 is 11.1 Å². The van der Waals surface area contributed by atoms with E-state index in [1.54, 1.807) is 28.6 Å². The zero-order valence-electron chi connectivity index (χ0n) is 11.2. The van der Waals surface area contributed by atoms with E-state index < -0.39 is 0 Å². The lowest BCUT2D eigenvalue weighted by Crippen LogP contribution is -2.12. The van der Waals surface area contributed by atoms with Crippen LogP contribution in [0.3, 0.4) is 0 Å². The zero-order valence-corrected chi connectivity index (χ0v) is 12.1. The van der Waals surface area contributed by atoms with Gasteiger partial charge in [0.15, 0.2) is 5.16 Å². The standard InChI is InChI=1S/C13H17N5OS/c1-18-13(15-9-16-18)20-8-4-7-12(19)17-11-6-3-2-5-10(11)14/h2-3,5-6,9H,4,7-8,14H2,1H3,(H,17,19).